The van der Waals surface area contributed by atoms with Crippen LogP contribution in [0.5, 0.6) is 11.5 Å². The molecule has 0 bridgehead atoms. The van der Waals surface area contributed by atoms with Gasteiger partial charge in [-0.3, -0.25) is 0 Å². The highest BCUT2D eigenvalue weighted by atomic mass is 19.2. The van der Waals surface area contributed by atoms with Crippen molar-refractivity contribution in [2.45, 2.75) is 26.6 Å². The van der Waals surface area contributed by atoms with Crippen LogP contribution >= 0.6 is 0 Å². The average Bonchev–Trinajstić information content (AvgIpc) is 1.95. The molecular formula is C10H13FO2. The van der Waals surface area contributed by atoms with Crippen molar-refractivity contribution in [3.63, 3.8) is 0 Å². The molecule has 0 aromatic heterocycles. The van der Waals surface area contributed by atoms with Crippen LogP contribution in [0.2, 0.25) is 0 Å². The van der Waals surface area contributed by atoms with Gasteiger partial charge in [0, 0.05) is 13.8 Å². The van der Waals surface area contributed by atoms with E-state index in [0.717, 1.165) is 0 Å². The number of para-hydroxylation sites is 1. The lowest BCUT2D eigenvalue weighted by molar-refractivity contribution is -0.0280. The molecule has 2 nitrogen and oxygen atoms in total. The van der Waals surface area contributed by atoms with E-state index in [2.05, 4.69) is 0 Å². The lowest BCUT2D eigenvalue weighted by Crippen LogP contribution is -2.21. The highest BCUT2D eigenvalue weighted by Gasteiger charge is 2.20. The van der Waals surface area contributed by atoms with Gasteiger partial charge in [-0.25, -0.2) is 0 Å². The minimum Gasteiger partial charge on any atom is -0.504 e. The number of hydrogen-bond acceptors (Lipinski definition) is 2. The number of phenols is 1. The predicted molar refractivity (Wildman–Crippen MR) is 48.7 cm³/mol. The van der Waals surface area contributed by atoms with E-state index >= 15 is 0 Å². The maximum Gasteiger partial charge on any atom is 0.243 e. The second kappa shape index (κ2) is 3.24. The zero-order chi connectivity index (χ0) is 10.1. The number of benzene rings is 1. The molecule has 1 rings (SSSR count). The average molecular weight is 184 g/mol. The summed E-state index contributed by atoms with van der Waals surface area (Å²) in [5, 5.41) is 9.36. The first-order valence-electron chi connectivity index (χ1n) is 4.06. The van der Waals surface area contributed by atoms with Crippen LogP contribution in [0.4, 0.5) is 4.39 Å². The van der Waals surface area contributed by atoms with Crippen molar-refractivity contribution in [1.82, 2.24) is 0 Å². The Morgan fingerprint density at radius 3 is 2.46 bits per heavy atom. The monoisotopic (exact) mass is 184 g/mol. The van der Waals surface area contributed by atoms with Crippen molar-refractivity contribution in [3.8, 4) is 11.5 Å². The number of halogens is 1. The van der Waals surface area contributed by atoms with Gasteiger partial charge in [-0.2, -0.15) is 4.39 Å². The van der Waals surface area contributed by atoms with Crippen LogP contribution in [-0.2, 0) is 0 Å². The van der Waals surface area contributed by atoms with Crippen molar-refractivity contribution in [3.05, 3.63) is 23.8 Å². The molecule has 0 aliphatic heterocycles. The Hall–Kier alpha value is -1.25. The summed E-state index contributed by atoms with van der Waals surface area (Å²) in [5.74, 6) is -1.61. The van der Waals surface area contributed by atoms with Gasteiger partial charge in [0.25, 0.3) is 0 Å². The van der Waals surface area contributed by atoms with Crippen molar-refractivity contribution >= 4 is 0 Å². The van der Waals surface area contributed by atoms with Gasteiger partial charge in [0.1, 0.15) is 0 Å². The third kappa shape index (κ3) is 2.61. The normalized spacial score (nSPS) is 11.4. The van der Waals surface area contributed by atoms with Gasteiger partial charge in [-0.15, -0.1) is 0 Å². The van der Waals surface area contributed by atoms with E-state index in [1.165, 1.54) is 19.9 Å². The van der Waals surface area contributed by atoms with Crippen molar-refractivity contribution in [1.29, 1.82) is 0 Å². The van der Waals surface area contributed by atoms with Crippen LogP contribution in [0.1, 0.15) is 19.4 Å². The Balaban J connectivity index is 3.00. The third-order valence-electron chi connectivity index (χ3n) is 1.54. The SMILES string of the molecule is Cc1cccc(O)c1OC(C)(C)F. The molecule has 0 amide bonds. The van der Waals surface area contributed by atoms with Gasteiger partial charge in [-0.1, -0.05) is 12.1 Å². The van der Waals surface area contributed by atoms with E-state index in [-0.39, 0.29) is 11.5 Å². The molecule has 0 aliphatic carbocycles. The van der Waals surface area contributed by atoms with E-state index in [0.29, 0.717) is 5.56 Å². The molecule has 0 fully saturated rings. The second-order valence-corrected chi connectivity index (χ2v) is 3.39. The molecule has 0 saturated heterocycles. The van der Waals surface area contributed by atoms with Gasteiger partial charge in [-0.05, 0) is 18.6 Å². The minimum atomic E-state index is -1.77. The molecule has 0 aliphatic rings. The van der Waals surface area contributed by atoms with Gasteiger partial charge in [0.15, 0.2) is 11.5 Å². The summed E-state index contributed by atoms with van der Waals surface area (Å²) >= 11 is 0. The Morgan fingerprint density at radius 2 is 2.00 bits per heavy atom. The van der Waals surface area contributed by atoms with Crippen LogP contribution in [0, 0.1) is 6.92 Å². The molecule has 1 N–H and O–H groups in total. The van der Waals surface area contributed by atoms with Crippen LogP contribution in [0.15, 0.2) is 18.2 Å². The summed E-state index contributed by atoms with van der Waals surface area (Å²) in [6.07, 6.45) is 0. The predicted octanol–water partition coefficient (Wildman–Crippen LogP) is 2.79. The molecule has 0 spiro atoms. The fourth-order valence-corrected chi connectivity index (χ4v) is 1.01. The Kier molecular flexibility index (Phi) is 2.45. The number of alkyl halides is 1. The van der Waals surface area contributed by atoms with Crippen LogP contribution in [-0.4, -0.2) is 11.0 Å². The molecule has 72 valence electrons. The molecule has 0 unspecified atom stereocenters. The van der Waals surface area contributed by atoms with Gasteiger partial charge in [0.05, 0.1) is 0 Å². The number of aromatic hydroxyl groups is 1. The summed E-state index contributed by atoms with van der Waals surface area (Å²) in [4.78, 5) is 0. The second-order valence-electron chi connectivity index (χ2n) is 3.39. The topological polar surface area (TPSA) is 29.5 Å². The first-order chi connectivity index (χ1) is 5.90. The third-order valence-corrected chi connectivity index (χ3v) is 1.54. The fraction of sp³-hybridized carbons (Fsp3) is 0.400. The summed E-state index contributed by atoms with van der Waals surface area (Å²) in [7, 11) is 0. The molecule has 0 atom stereocenters. The molecule has 3 heteroatoms. The van der Waals surface area contributed by atoms with Crippen molar-refractivity contribution in [2.75, 3.05) is 0 Å². The maximum atomic E-state index is 13.1. The number of hydrogen-bond donors (Lipinski definition) is 1. The molecule has 13 heavy (non-hydrogen) atoms. The first kappa shape index (κ1) is 9.84. The van der Waals surface area contributed by atoms with E-state index in [1.807, 2.05) is 0 Å². The van der Waals surface area contributed by atoms with Crippen molar-refractivity contribution < 1.29 is 14.2 Å². The van der Waals surface area contributed by atoms with Gasteiger partial charge >= 0.3 is 0 Å². The Bertz CT molecular complexity index is 282. The first-order valence-corrected chi connectivity index (χ1v) is 4.06. The quantitative estimate of drug-likeness (QED) is 0.765. The highest BCUT2D eigenvalue weighted by Crippen LogP contribution is 2.32. The van der Waals surface area contributed by atoms with Crippen LogP contribution in [0.3, 0.4) is 0 Å². The number of phenolic OH excluding ortho intramolecular Hbond substituents is 1. The molecule has 0 saturated carbocycles. The lowest BCUT2D eigenvalue weighted by atomic mass is 10.2. The molecular weight excluding hydrogens is 171 g/mol. The lowest BCUT2D eigenvalue weighted by Gasteiger charge is -2.19. The van der Waals surface area contributed by atoms with Crippen LogP contribution in [0.25, 0.3) is 0 Å². The smallest absolute Gasteiger partial charge is 0.243 e. The minimum absolute atomic E-state index is 0.0364. The van der Waals surface area contributed by atoms with E-state index in [1.54, 1.807) is 19.1 Å². The highest BCUT2D eigenvalue weighted by molar-refractivity contribution is 5.44. The number of ether oxygens (including phenoxy) is 1. The zero-order valence-corrected chi connectivity index (χ0v) is 7.97. The van der Waals surface area contributed by atoms with E-state index < -0.39 is 5.85 Å². The maximum absolute atomic E-state index is 13.1. The van der Waals surface area contributed by atoms with E-state index in [9.17, 15) is 9.50 Å². The van der Waals surface area contributed by atoms with Gasteiger partial charge in [0.2, 0.25) is 5.85 Å². The molecule has 0 radical (unpaired) electrons. The summed E-state index contributed by atoms with van der Waals surface area (Å²) in [6, 6.07) is 4.90. The molecule has 1 aromatic carbocycles. The van der Waals surface area contributed by atoms with E-state index in [4.69, 9.17) is 4.74 Å². The number of rotatable bonds is 2. The van der Waals surface area contributed by atoms with Gasteiger partial charge < -0.3 is 9.84 Å². The Labute approximate surface area is 77.0 Å². The summed E-state index contributed by atoms with van der Waals surface area (Å²) in [6.45, 7) is 4.33. The molecule has 1 aromatic rings. The largest absolute Gasteiger partial charge is 0.504 e. The standard InChI is InChI=1S/C10H13FO2/c1-7-5-4-6-8(12)9(7)13-10(2,3)11/h4-6,12H,1-3H3. The van der Waals surface area contributed by atoms with Crippen molar-refractivity contribution in [2.24, 2.45) is 0 Å². The van der Waals surface area contributed by atoms with Crippen LogP contribution < -0.4 is 4.74 Å². The summed E-state index contributed by atoms with van der Waals surface area (Å²) in [5.41, 5.74) is 0.714. The zero-order valence-electron chi connectivity index (χ0n) is 7.97. The number of aryl methyl sites for hydroxylation is 1. The molecule has 0 heterocycles. The fourth-order valence-electron chi connectivity index (χ4n) is 1.01. The summed E-state index contributed by atoms with van der Waals surface area (Å²) < 4.78 is 18.0. The Morgan fingerprint density at radius 1 is 1.38 bits per heavy atom.